The zero-order valence-electron chi connectivity index (χ0n) is 17.2. The smallest absolute Gasteiger partial charge is 0.107 e. The molecule has 0 radical (unpaired) electrons. The van der Waals surface area contributed by atoms with Crippen molar-refractivity contribution in [2.75, 3.05) is 6.54 Å². The van der Waals surface area contributed by atoms with E-state index in [9.17, 15) is 0 Å². The van der Waals surface area contributed by atoms with Crippen LogP contribution in [0.4, 0.5) is 0 Å². The number of aryl methyl sites for hydroxylation is 1. The molecule has 0 N–H and O–H groups in total. The summed E-state index contributed by atoms with van der Waals surface area (Å²) >= 11 is 0. The molecule has 152 valence electrons. The van der Waals surface area contributed by atoms with E-state index in [4.69, 9.17) is 0 Å². The molecule has 1 aliphatic carbocycles. The number of nitrogens with zero attached hydrogens (tertiary/aromatic N) is 5. The van der Waals surface area contributed by atoms with Crippen LogP contribution in [-0.2, 0) is 13.0 Å². The Kier molecular flexibility index (Phi) is 5.51. The van der Waals surface area contributed by atoms with Gasteiger partial charge in [-0.3, -0.25) is 4.98 Å². The molecule has 1 unspecified atom stereocenters. The predicted octanol–water partition coefficient (Wildman–Crippen LogP) is 6.04. The summed E-state index contributed by atoms with van der Waals surface area (Å²) in [5.74, 6) is 0.553. The monoisotopic (exact) mass is 397 g/mol. The topological polar surface area (TPSA) is 55.4 Å². The molecule has 0 bridgehead atoms. The maximum Gasteiger partial charge on any atom is 0.107 e. The molecule has 2 aliphatic rings. The van der Waals surface area contributed by atoms with E-state index in [1.54, 1.807) is 0 Å². The SMILES string of the molecule is C1=C(/c2ccnc(-c3cn(CC4CCCc5ccccc54)cn3)c2)N=NCCCC/1. The van der Waals surface area contributed by atoms with E-state index in [1.165, 1.54) is 30.4 Å². The fourth-order valence-electron chi connectivity index (χ4n) is 4.53. The molecule has 3 heterocycles. The van der Waals surface area contributed by atoms with Crippen LogP contribution in [0, 0.1) is 0 Å². The van der Waals surface area contributed by atoms with Crippen molar-refractivity contribution in [3.8, 4) is 11.4 Å². The zero-order valence-corrected chi connectivity index (χ0v) is 17.2. The van der Waals surface area contributed by atoms with Gasteiger partial charge in [0.15, 0.2) is 0 Å². The number of hydrogen-bond donors (Lipinski definition) is 0. The van der Waals surface area contributed by atoms with E-state index in [2.05, 4.69) is 67.4 Å². The molecule has 1 atom stereocenters. The van der Waals surface area contributed by atoms with Crippen molar-refractivity contribution < 1.29 is 0 Å². The molecule has 0 saturated carbocycles. The third kappa shape index (κ3) is 4.11. The largest absolute Gasteiger partial charge is 0.336 e. The third-order valence-corrected chi connectivity index (χ3v) is 6.10. The van der Waals surface area contributed by atoms with E-state index in [0.29, 0.717) is 5.92 Å². The summed E-state index contributed by atoms with van der Waals surface area (Å²) in [5.41, 5.74) is 6.79. The Morgan fingerprint density at radius 1 is 1.00 bits per heavy atom. The normalized spacial score (nSPS) is 20.7. The van der Waals surface area contributed by atoms with Crippen LogP contribution >= 0.6 is 0 Å². The summed E-state index contributed by atoms with van der Waals surface area (Å²) in [6.45, 7) is 1.77. The Morgan fingerprint density at radius 2 is 1.97 bits per heavy atom. The highest BCUT2D eigenvalue weighted by Crippen LogP contribution is 2.33. The van der Waals surface area contributed by atoms with Gasteiger partial charge in [0.05, 0.1) is 24.3 Å². The van der Waals surface area contributed by atoms with Crippen LogP contribution in [0.25, 0.3) is 17.1 Å². The summed E-state index contributed by atoms with van der Waals surface area (Å²) in [4.78, 5) is 9.22. The molecule has 2 aromatic heterocycles. The summed E-state index contributed by atoms with van der Waals surface area (Å²) in [5, 5.41) is 8.72. The number of hydrogen-bond acceptors (Lipinski definition) is 4. The van der Waals surface area contributed by atoms with Gasteiger partial charge in [0.25, 0.3) is 0 Å². The Balaban J connectivity index is 1.36. The fourth-order valence-corrected chi connectivity index (χ4v) is 4.53. The van der Waals surface area contributed by atoms with Crippen molar-refractivity contribution >= 4 is 5.70 Å². The quantitative estimate of drug-likeness (QED) is 0.539. The Morgan fingerprint density at radius 3 is 2.97 bits per heavy atom. The van der Waals surface area contributed by atoms with Gasteiger partial charge < -0.3 is 4.57 Å². The van der Waals surface area contributed by atoms with E-state index >= 15 is 0 Å². The molecule has 0 fully saturated rings. The maximum absolute atomic E-state index is 4.65. The molecular weight excluding hydrogens is 370 g/mol. The first-order chi connectivity index (χ1) is 14.9. The van der Waals surface area contributed by atoms with E-state index in [1.807, 2.05) is 18.6 Å². The van der Waals surface area contributed by atoms with Crippen molar-refractivity contribution in [2.45, 2.75) is 51.0 Å². The fraction of sp³-hybridized carbons (Fsp3) is 0.360. The molecule has 3 aromatic rings. The molecular formula is C25H27N5. The van der Waals surface area contributed by atoms with E-state index in [-0.39, 0.29) is 0 Å². The molecule has 1 aliphatic heterocycles. The lowest BCUT2D eigenvalue weighted by molar-refractivity contribution is 0.483. The lowest BCUT2D eigenvalue weighted by Gasteiger charge is -2.25. The number of rotatable bonds is 4. The van der Waals surface area contributed by atoms with Gasteiger partial charge in [0.2, 0.25) is 0 Å². The maximum atomic E-state index is 4.65. The molecule has 5 rings (SSSR count). The first kappa shape index (κ1) is 18.9. The number of imidazole rings is 1. The van der Waals surface area contributed by atoms with Gasteiger partial charge in [0.1, 0.15) is 5.69 Å². The highest BCUT2D eigenvalue weighted by Gasteiger charge is 2.20. The second-order valence-corrected chi connectivity index (χ2v) is 8.22. The first-order valence-electron chi connectivity index (χ1n) is 11.0. The summed E-state index contributed by atoms with van der Waals surface area (Å²) in [6.07, 6.45) is 15.1. The van der Waals surface area contributed by atoms with Crippen molar-refractivity contribution in [1.29, 1.82) is 0 Å². The third-order valence-electron chi connectivity index (χ3n) is 6.10. The number of aromatic nitrogens is 3. The molecule has 0 spiro atoms. The second kappa shape index (κ2) is 8.74. The summed E-state index contributed by atoms with van der Waals surface area (Å²) in [7, 11) is 0. The van der Waals surface area contributed by atoms with Gasteiger partial charge in [-0.15, -0.1) is 0 Å². The lowest BCUT2D eigenvalue weighted by Crippen LogP contribution is -2.14. The molecule has 5 heteroatoms. The molecule has 30 heavy (non-hydrogen) atoms. The zero-order chi connectivity index (χ0) is 20.2. The Hall–Kier alpha value is -3.08. The average Bonchev–Trinajstić information content (AvgIpc) is 3.23. The molecule has 0 amide bonds. The van der Waals surface area contributed by atoms with E-state index < -0.39 is 0 Å². The van der Waals surface area contributed by atoms with Gasteiger partial charge in [-0.25, -0.2) is 4.98 Å². The lowest BCUT2D eigenvalue weighted by atomic mass is 9.83. The van der Waals surface area contributed by atoms with E-state index in [0.717, 1.165) is 55.0 Å². The minimum Gasteiger partial charge on any atom is -0.336 e. The Bertz CT molecular complexity index is 1080. The van der Waals surface area contributed by atoms with Gasteiger partial charge in [-0.05, 0) is 61.8 Å². The second-order valence-electron chi connectivity index (χ2n) is 8.22. The van der Waals surface area contributed by atoms with Crippen LogP contribution in [-0.4, -0.2) is 21.1 Å². The van der Waals surface area contributed by atoms with Crippen LogP contribution in [0.2, 0.25) is 0 Å². The van der Waals surface area contributed by atoms with Gasteiger partial charge >= 0.3 is 0 Å². The minimum absolute atomic E-state index is 0.553. The number of benzene rings is 1. The molecule has 5 nitrogen and oxygen atoms in total. The van der Waals surface area contributed by atoms with Gasteiger partial charge in [-0.1, -0.05) is 30.3 Å². The number of azo groups is 1. The van der Waals surface area contributed by atoms with Crippen molar-refractivity contribution in [3.05, 3.63) is 77.9 Å². The molecule has 1 aromatic carbocycles. The average molecular weight is 398 g/mol. The highest BCUT2D eigenvalue weighted by atomic mass is 15.1. The first-order valence-corrected chi connectivity index (χ1v) is 11.0. The summed E-state index contributed by atoms with van der Waals surface area (Å²) in [6, 6.07) is 13.0. The number of pyridine rings is 1. The standard InChI is InChI=1S/C25H27N5/c1-2-11-23(29-28-13-5-1)20-12-14-26-24(15-20)25-17-30(18-27-25)16-21-9-6-8-19-7-3-4-10-22(19)21/h3-4,7,10-12,14-15,17-18,21H,1-2,5-6,8-9,13,16H2/b23-11-,29-28?. The van der Waals surface area contributed by atoms with Crippen molar-refractivity contribution in [1.82, 2.24) is 14.5 Å². The predicted molar refractivity (Wildman–Crippen MR) is 119 cm³/mol. The number of fused-ring (bicyclic) bond motifs is 1. The van der Waals surface area contributed by atoms with Gasteiger partial charge in [-0.2, -0.15) is 10.2 Å². The van der Waals surface area contributed by atoms with Crippen LogP contribution in [0.15, 0.2) is 71.4 Å². The number of allylic oxidation sites excluding steroid dienone is 1. The Labute approximate surface area is 177 Å². The minimum atomic E-state index is 0.553. The molecule has 0 saturated heterocycles. The van der Waals surface area contributed by atoms with Crippen LogP contribution in [0.5, 0.6) is 0 Å². The summed E-state index contributed by atoms with van der Waals surface area (Å²) < 4.78 is 2.21. The van der Waals surface area contributed by atoms with Crippen LogP contribution < -0.4 is 0 Å². The van der Waals surface area contributed by atoms with Crippen molar-refractivity contribution in [2.24, 2.45) is 10.2 Å². The van der Waals surface area contributed by atoms with Crippen molar-refractivity contribution in [3.63, 3.8) is 0 Å². The van der Waals surface area contributed by atoms with Gasteiger partial charge in [0, 0.05) is 30.4 Å². The van der Waals surface area contributed by atoms with Crippen LogP contribution in [0.1, 0.15) is 54.7 Å². The highest BCUT2D eigenvalue weighted by molar-refractivity contribution is 5.68. The van der Waals surface area contributed by atoms with Crippen LogP contribution in [0.3, 0.4) is 0 Å².